The van der Waals surface area contributed by atoms with Crippen molar-refractivity contribution in [2.24, 2.45) is 0 Å². The molecule has 2 aromatic rings. The van der Waals surface area contributed by atoms with Crippen LogP contribution in [-0.2, 0) is 11.2 Å². The lowest BCUT2D eigenvalue weighted by molar-refractivity contribution is -0.0206. The average molecular weight is 302 g/mol. The normalized spacial score (nSPS) is 18.7. The number of aromatic nitrogens is 1. The van der Waals surface area contributed by atoms with Gasteiger partial charge in [-0.25, -0.2) is 4.98 Å². The van der Waals surface area contributed by atoms with Crippen LogP contribution in [0.2, 0.25) is 0 Å². The highest BCUT2D eigenvalue weighted by atomic mass is 32.1. The van der Waals surface area contributed by atoms with E-state index in [1.165, 1.54) is 16.9 Å². The second-order valence-corrected chi connectivity index (χ2v) is 6.06. The lowest BCUT2D eigenvalue weighted by Gasteiger charge is -2.33. The zero-order valence-corrected chi connectivity index (χ0v) is 12.8. The van der Waals surface area contributed by atoms with Crippen molar-refractivity contribution < 1.29 is 9.53 Å². The first-order valence-electron chi connectivity index (χ1n) is 7.09. The standard InChI is InChI=1S/C16H18N2O2S/c1-12-15(21-11-17-12)16(19)18-7-8-20-14(10-18)9-13-5-3-2-4-6-13/h2-6,11,14H,7-10H2,1H3. The average Bonchev–Trinajstić information content (AvgIpc) is 2.94. The summed E-state index contributed by atoms with van der Waals surface area (Å²) in [5.41, 5.74) is 3.78. The Morgan fingerprint density at radius 3 is 2.95 bits per heavy atom. The number of thiazole rings is 1. The smallest absolute Gasteiger partial charge is 0.266 e. The molecule has 1 saturated heterocycles. The minimum absolute atomic E-state index is 0.0679. The number of carbonyl (C=O) groups excluding carboxylic acids is 1. The molecule has 5 heteroatoms. The highest BCUT2D eigenvalue weighted by molar-refractivity contribution is 7.11. The molecule has 21 heavy (non-hydrogen) atoms. The van der Waals surface area contributed by atoms with E-state index >= 15 is 0 Å². The van der Waals surface area contributed by atoms with Crippen LogP contribution < -0.4 is 0 Å². The fraction of sp³-hybridized carbons (Fsp3) is 0.375. The van der Waals surface area contributed by atoms with Gasteiger partial charge in [-0.3, -0.25) is 4.79 Å². The second kappa shape index (κ2) is 6.37. The van der Waals surface area contributed by atoms with E-state index in [0.29, 0.717) is 19.7 Å². The molecule has 0 saturated carbocycles. The van der Waals surface area contributed by atoms with Gasteiger partial charge in [-0.05, 0) is 12.5 Å². The van der Waals surface area contributed by atoms with E-state index < -0.39 is 0 Å². The highest BCUT2D eigenvalue weighted by Crippen LogP contribution is 2.18. The van der Waals surface area contributed by atoms with Crippen LogP contribution in [0.25, 0.3) is 0 Å². The van der Waals surface area contributed by atoms with Gasteiger partial charge in [0.25, 0.3) is 5.91 Å². The molecule has 4 nitrogen and oxygen atoms in total. The van der Waals surface area contributed by atoms with Crippen LogP contribution in [-0.4, -0.2) is 41.6 Å². The maximum Gasteiger partial charge on any atom is 0.266 e. The van der Waals surface area contributed by atoms with Crippen LogP contribution in [0.3, 0.4) is 0 Å². The molecule has 110 valence electrons. The Balaban J connectivity index is 1.66. The van der Waals surface area contributed by atoms with Gasteiger partial charge in [0.1, 0.15) is 4.88 Å². The quantitative estimate of drug-likeness (QED) is 0.875. The summed E-state index contributed by atoms with van der Waals surface area (Å²) in [7, 11) is 0. The molecule has 1 amide bonds. The summed E-state index contributed by atoms with van der Waals surface area (Å²) in [4.78, 5) is 19.3. The monoisotopic (exact) mass is 302 g/mol. The van der Waals surface area contributed by atoms with Gasteiger partial charge < -0.3 is 9.64 Å². The third kappa shape index (κ3) is 3.31. The Labute approximate surface area is 128 Å². The number of aryl methyl sites for hydroxylation is 1. The van der Waals surface area contributed by atoms with Gasteiger partial charge >= 0.3 is 0 Å². The molecule has 1 unspecified atom stereocenters. The number of ether oxygens (including phenoxy) is 1. The number of hydrogen-bond acceptors (Lipinski definition) is 4. The minimum Gasteiger partial charge on any atom is -0.374 e. The van der Waals surface area contributed by atoms with E-state index in [9.17, 15) is 4.79 Å². The summed E-state index contributed by atoms with van der Waals surface area (Å²) in [6.45, 7) is 3.78. The van der Waals surface area contributed by atoms with Gasteiger partial charge in [-0.1, -0.05) is 30.3 Å². The van der Waals surface area contributed by atoms with Crippen LogP contribution in [0.5, 0.6) is 0 Å². The van der Waals surface area contributed by atoms with E-state index in [2.05, 4.69) is 17.1 Å². The highest BCUT2D eigenvalue weighted by Gasteiger charge is 2.26. The predicted molar refractivity (Wildman–Crippen MR) is 82.6 cm³/mol. The predicted octanol–water partition coefficient (Wildman–Crippen LogP) is 2.54. The van der Waals surface area contributed by atoms with Crippen molar-refractivity contribution >= 4 is 17.2 Å². The first-order valence-corrected chi connectivity index (χ1v) is 7.97. The van der Waals surface area contributed by atoms with Crippen LogP contribution in [0.15, 0.2) is 35.8 Å². The number of amides is 1. The molecule has 0 aliphatic carbocycles. The van der Waals surface area contributed by atoms with E-state index in [1.54, 1.807) is 5.51 Å². The van der Waals surface area contributed by atoms with Crippen molar-refractivity contribution in [3.63, 3.8) is 0 Å². The topological polar surface area (TPSA) is 42.4 Å². The maximum absolute atomic E-state index is 12.5. The van der Waals surface area contributed by atoms with Gasteiger partial charge in [0.15, 0.2) is 0 Å². The van der Waals surface area contributed by atoms with Crippen LogP contribution >= 0.6 is 11.3 Å². The third-order valence-corrected chi connectivity index (χ3v) is 4.59. The molecule has 0 radical (unpaired) electrons. The van der Waals surface area contributed by atoms with Crippen molar-refractivity contribution in [3.05, 3.63) is 52.0 Å². The summed E-state index contributed by atoms with van der Waals surface area (Å²) < 4.78 is 5.80. The molecule has 0 N–H and O–H groups in total. The van der Waals surface area contributed by atoms with Crippen molar-refractivity contribution in [1.82, 2.24) is 9.88 Å². The fourth-order valence-corrected chi connectivity index (χ4v) is 3.32. The summed E-state index contributed by atoms with van der Waals surface area (Å²) in [5.74, 6) is 0.0800. The number of benzene rings is 1. The second-order valence-electron chi connectivity index (χ2n) is 5.20. The summed E-state index contributed by atoms with van der Waals surface area (Å²) in [6, 6.07) is 10.3. The summed E-state index contributed by atoms with van der Waals surface area (Å²) >= 11 is 1.41. The van der Waals surface area contributed by atoms with Crippen molar-refractivity contribution in [1.29, 1.82) is 0 Å². The summed E-state index contributed by atoms with van der Waals surface area (Å²) in [6.07, 6.45) is 0.907. The zero-order valence-electron chi connectivity index (χ0n) is 12.0. The largest absolute Gasteiger partial charge is 0.374 e. The Hall–Kier alpha value is -1.72. The molecule has 3 rings (SSSR count). The first-order chi connectivity index (χ1) is 10.2. The Morgan fingerprint density at radius 1 is 1.43 bits per heavy atom. The molecule has 1 aliphatic heterocycles. The first kappa shape index (κ1) is 14.2. The van der Waals surface area contributed by atoms with Gasteiger partial charge in [-0.15, -0.1) is 11.3 Å². The van der Waals surface area contributed by atoms with Crippen molar-refractivity contribution in [3.8, 4) is 0 Å². The maximum atomic E-state index is 12.5. The van der Waals surface area contributed by atoms with Crippen LogP contribution in [0.4, 0.5) is 0 Å². The van der Waals surface area contributed by atoms with Crippen LogP contribution in [0.1, 0.15) is 20.9 Å². The molecule has 1 fully saturated rings. The molecule has 1 aromatic carbocycles. The van der Waals surface area contributed by atoms with Gasteiger partial charge in [0, 0.05) is 19.5 Å². The lowest BCUT2D eigenvalue weighted by atomic mass is 10.1. The third-order valence-electron chi connectivity index (χ3n) is 3.67. The summed E-state index contributed by atoms with van der Waals surface area (Å²) in [5, 5.41) is 0. The molecule has 0 spiro atoms. The fourth-order valence-electron chi connectivity index (χ4n) is 2.56. The Kier molecular flexibility index (Phi) is 4.31. The number of carbonyl (C=O) groups is 1. The van der Waals surface area contributed by atoms with E-state index in [0.717, 1.165) is 17.0 Å². The number of hydrogen-bond donors (Lipinski definition) is 0. The molecule has 1 aromatic heterocycles. The minimum atomic E-state index is 0.0679. The van der Waals surface area contributed by atoms with Gasteiger partial charge in [0.2, 0.25) is 0 Å². The van der Waals surface area contributed by atoms with Crippen LogP contribution in [0, 0.1) is 6.92 Å². The van der Waals surface area contributed by atoms with E-state index in [1.807, 2.05) is 30.0 Å². The molecule has 1 aliphatic rings. The molecule has 0 bridgehead atoms. The number of rotatable bonds is 3. The van der Waals surface area contributed by atoms with Crippen molar-refractivity contribution in [2.45, 2.75) is 19.4 Å². The zero-order chi connectivity index (χ0) is 14.7. The Bertz CT molecular complexity index is 612. The Morgan fingerprint density at radius 2 is 2.24 bits per heavy atom. The molecular formula is C16H18N2O2S. The molecule has 1 atom stereocenters. The molecular weight excluding hydrogens is 284 g/mol. The molecule has 2 heterocycles. The number of nitrogens with zero attached hydrogens (tertiary/aromatic N) is 2. The van der Waals surface area contributed by atoms with Gasteiger partial charge in [-0.2, -0.15) is 0 Å². The van der Waals surface area contributed by atoms with E-state index in [-0.39, 0.29) is 12.0 Å². The number of morpholine rings is 1. The van der Waals surface area contributed by atoms with E-state index in [4.69, 9.17) is 4.74 Å². The lowest BCUT2D eigenvalue weighted by Crippen LogP contribution is -2.46. The van der Waals surface area contributed by atoms with Crippen molar-refractivity contribution in [2.75, 3.05) is 19.7 Å². The SMILES string of the molecule is Cc1ncsc1C(=O)N1CCOC(Cc2ccccc2)C1. The van der Waals surface area contributed by atoms with Gasteiger partial charge in [0.05, 0.1) is 23.9 Å².